The van der Waals surface area contributed by atoms with Gasteiger partial charge < -0.3 is 4.90 Å². The van der Waals surface area contributed by atoms with E-state index in [0.717, 1.165) is 38.5 Å². The molecule has 9 rings (SSSR count). The number of nitrogens with zero attached hydrogens (tertiary/aromatic N) is 1. The van der Waals surface area contributed by atoms with Crippen LogP contribution in [0.1, 0.15) is 69.3 Å². The molecule has 0 fully saturated rings. The predicted octanol–water partition coefficient (Wildman–Crippen LogP) is 12.6. The summed E-state index contributed by atoms with van der Waals surface area (Å²) in [6.45, 7) is 0. The highest BCUT2D eigenvalue weighted by Crippen LogP contribution is 2.42. The Kier molecular flexibility index (Phi) is 7.67. The van der Waals surface area contributed by atoms with Gasteiger partial charge in [-0.3, -0.25) is 0 Å². The van der Waals surface area contributed by atoms with Gasteiger partial charge >= 0.3 is 0 Å². The summed E-state index contributed by atoms with van der Waals surface area (Å²) in [7, 11) is 0. The molecule has 0 saturated heterocycles. The molecule has 1 heteroatoms. The largest absolute Gasteiger partial charge is 0.310 e. The van der Waals surface area contributed by atoms with Gasteiger partial charge in [-0.1, -0.05) is 127 Å². The van der Waals surface area contributed by atoms with Crippen LogP contribution in [-0.2, 0) is 19.3 Å². The quantitative estimate of drug-likeness (QED) is 0.177. The third-order valence-electron chi connectivity index (χ3n) is 10.6. The fraction of sp³-hybridized carbons (Fsp3) is 0.125. The first-order valence-corrected chi connectivity index (χ1v) is 17.7. The van der Waals surface area contributed by atoms with Gasteiger partial charge in [-0.15, -0.1) is 0 Å². The van der Waals surface area contributed by atoms with Crippen LogP contribution >= 0.6 is 0 Å². The zero-order valence-corrected chi connectivity index (χ0v) is 27.8. The molecule has 236 valence electrons. The molecule has 0 radical (unpaired) electrons. The first kappa shape index (κ1) is 29.5. The van der Waals surface area contributed by atoms with Gasteiger partial charge in [0.15, 0.2) is 0 Å². The normalized spacial score (nSPS) is 14.8. The van der Waals surface area contributed by atoms with E-state index in [1.54, 1.807) is 0 Å². The lowest BCUT2D eigenvalue weighted by molar-refractivity contribution is 0.991. The van der Waals surface area contributed by atoms with E-state index in [4.69, 9.17) is 0 Å². The molecule has 0 bridgehead atoms. The van der Waals surface area contributed by atoms with E-state index in [0.29, 0.717) is 0 Å². The average Bonchev–Trinajstić information content (AvgIpc) is 3.18. The van der Waals surface area contributed by atoms with E-state index >= 15 is 0 Å². The number of rotatable bonds is 6. The molecule has 0 N–H and O–H groups in total. The van der Waals surface area contributed by atoms with Gasteiger partial charge in [0.1, 0.15) is 0 Å². The van der Waals surface area contributed by atoms with Crippen molar-refractivity contribution in [3.63, 3.8) is 0 Å². The van der Waals surface area contributed by atoms with E-state index in [9.17, 15) is 0 Å². The average molecular weight is 630 g/mol. The second-order valence-electron chi connectivity index (χ2n) is 13.6. The maximum atomic E-state index is 2.49. The van der Waals surface area contributed by atoms with Crippen LogP contribution in [0.5, 0.6) is 0 Å². The summed E-state index contributed by atoms with van der Waals surface area (Å²) in [6, 6.07) is 53.8. The molecule has 6 aromatic carbocycles. The molecule has 3 aliphatic rings. The Bertz CT molecular complexity index is 1990. The molecule has 49 heavy (non-hydrogen) atoms. The van der Waals surface area contributed by atoms with Crippen molar-refractivity contribution in [3.8, 4) is 0 Å². The molecule has 0 amide bonds. The molecule has 0 saturated carbocycles. The van der Waals surface area contributed by atoms with Gasteiger partial charge in [-0.2, -0.15) is 0 Å². The Hall–Kier alpha value is -5.66. The lowest BCUT2D eigenvalue weighted by atomic mass is 9.87. The third-order valence-corrected chi connectivity index (χ3v) is 10.6. The molecule has 0 spiro atoms. The summed E-state index contributed by atoms with van der Waals surface area (Å²) in [4.78, 5) is 2.49. The standard InChI is InChI=1S/C48H39N/c1-4-10-34(11-5-1)37-16-19-43-31-46(25-22-40(43)28-37)49(47-26-23-41-29-38(17-20-44(41)32-47)35-12-6-2-7-13-35)48-27-24-42-30-39(18-21-45(42)33-48)36-14-8-3-9-15-36/h1-15,22-33H,16-21H2. The summed E-state index contributed by atoms with van der Waals surface area (Å²) in [5.74, 6) is 0. The van der Waals surface area contributed by atoms with Crippen molar-refractivity contribution in [1.29, 1.82) is 0 Å². The highest BCUT2D eigenvalue weighted by atomic mass is 15.1. The Labute approximate surface area is 290 Å². The number of hydrogen-bond acceptors (Lipinski definition) is 1. The topological polar surface area (TPSA) is 3.24 Å². The molecule has 0 aliphatic heterocycles. The number of hydrogen-bond donors (Lipinski definition) is 0. The number of benzene rings is 6. The van der Waals surface area contributed by atoms with Crippen molar-refractivity contribution < 1.29 is 0 Å². The highest BCUT2D eigenvalue weighted by molar-refractivity contribution is 5.89. The highest BCUT2D eigenvalue weighted by Gasteiger charge is 2.21. The van der Waals surface area contributed by atoms with E-state index in [-0.39, 0.29) is 0 Å². The van der Waals surface area contributed by atoms with Crippen LogP contribution in [0.3, 0.4) is 0 Å². The van der Waals surface area contributed by atoms with E-state index in [2.05, 4.69) is 169 Å². The van der Waals surface area contributed by atoms with E-state index in [1.807, 2.05) is 0 Å². The van der Waals surface area contributed by atoms with Crippen molar-refractivity contribution in [3.05, 3.63) is 196 Å². The van der Waals surface area contributed by atoms with Gasteiger partial charge in [0.2, 0.25) is 0 Å². The minimum atomic E-state index is 1.05. The van der Waals surface area contributed by atoms with Crippen molar-refractivity contribution >= 4 is 52.0 Å². The van der Waals surface area contributed by atoms with Crippen molar-refractivity contribution in [2.45, 2.75) is 38.5 Å². The van der Waals surface area contributed by atoms with E-state index in [1.165, 1.54) is 83.9 Å². The maximum absolute atomic E-state index is 2.49. The molecular formula is C48H39N. The summed E-state index contributed by atoms with van der Waals surface area (Å²) in [6.07, 6.45) is 13.5. The Balaban J connectivity index is 1.11. The van der Waals surface area contributed by atoms with Crippen LogP contribution in [0.2, 0.25) is 0 Å². The van der Waals surface area contributed by atoms with Crippen LogP contribution in [0, 0.1) is 0 Å². The van der Waals surface area contributed by atoms with Crippen molar-refractivity contribution in [2.75, 3.05) is 4.90 Å². The molecule has 3 aliphatic carbocycles. The van der Waals surface area contributed by atoms with Crippen LogP contribution in [0.25, 0.3) is 34.9 Å². The Morgan fingerprint density at radius 2 is 0.612 bits per heavy atom. The minimum absolute atomic E-state index is 1.05. The summed E-state index contributed by atoms with van der Waals surface area (Å²) >= 11 is 0. The number of aryl methyl sites for hydroxylation is 3. The van der Waals surface area contributed by atoms with Gasteiger partial charge in [-0.05, 0) is 142 Å². The monoisotopic (exact) mass is 629 g/mol. The molecular weight excluding hydrogens is 591 g/mol. The van der Waals surface area contributed by atoms with Crippen LogP contribution < -0.4 is 4.90 Å². The smallest absolute Gasteiger partial charge is 0.0464 e. The van der Waals surface area contributed by atoms with Gasteiger partial charge in [-0.25, -0.2) is 0 Å². The molecule has 1 nitrogen and oxygen atoms in total. The predicted molar refractivity (Wildman–Crippen MR) is 209 cm³/mol. The molecule has 6 aromatic rings. The van der Waals surface area contributed by atoms with Crippen LogP contribution in [0.4, 0.5) is 17.1 Å². The Morgan fingerprint density at radius 1 is 0.306 bits per heavy atom. The summed E-state index contributed by atoms with van der Waals surface area (Å²) < 4.78 is 0. The molecule has 0 unspecified atom stereocenters. The lowest BCUT2D eigenvalue weighted by Gasteiger charge is -2.30. The van der Waals surface area contributed by atoms with E-state index < -0.39 is 0 Å². The van der Waals surface area contributed by atoms with Gasteiger partial charge in [0.05, 0.1) is 0 Å². The second-order valence-corrected chi connectivity index (χ2v) is 13.6. The first-order valence-electron chi connectivity index (χ1n) is 17.7. The van der Waals surface area contributed by atoms with Gasteiger partial charge in [0.25, 0.3) is 0 Å². The number of fused-ring (bicyclic) bond motifs is 3. The van der Waals surface area contributed by atoms with Gasteiger partial charge in [0, 0.05) is 17.1 Å². The Morgan fingerprint density at radius 3 is 0.918 bits per heavy atom. The minimum Gasteiger partial charge on any atom is -0.310 e. The number of allylic oxidation sites excluding steroid dienone is 3. The molecule has 0 heterocycles. The number of anilines is 3. The zero-order chi connectivity index (χ0) is 32.6. The molecule has 0 aromatic heterocycles. The van der Waals surface area contributed by atoms with Crippen molar-refractivity contribution in [1.82, 2.24) is 0 Å². The third kappa shape index (κ3) is 5.87. The van der Waals surface area contributed by atoms with Crippen LogP contribution in [0.15, 0.2) is 146 Å². The van der Waals surface area contributed by atoms with Crippen LogP contribution in [-0.4, -0.2) is 0 Å². The maximum Gasteiger partial charge on any atom is 0.0464 e. The van der Waals surface area contributed by atoms with Crippen molar-refractivity contribution in [2.24, 2.45) is 0 Å². The fourth-order valence-electron chi connectivity index (χ4n) is 7.94. The molecule has 0 atom stereocenters. The summed E-state index contributed by atoms with van der Waals surface area (Å²) in [5, 5.41) is 0. The SMILES string of the molecule is C1=C(c2ccccc2)CCc2cc(N(c3ccc4c(c3)CCC(c3ccccc3)=C4)c3ccc4c(c3)CCC(c3ccccc3)=C4)ccc21. The first-order chi connectivity index (χ1) is 24.2. The zero-order valence-electron chi connectivity index (χ0n) is 27.8. The second kappa shape index (κ2) is 12.7. The lowest BCUT2D eigenvalue weighted by Crippen LogP contribution is -2.13. The summed E-state index contributed by atoms with van der Waals surface area (Å²) in [5.41, 5.74) is 20.2. The fourth-order valence-corrected chi connectivity index (χ4v) is 7.94.